The van der Waals surface area contributed by atoms with E-state index in [2.05, 4.69) is 0 Å². The number of hydrogen-bond donors (Lipinski definition) is 3. The number of carboxylic acids is 1. The van der Waals surface area contributed by atoms with E-state index >= 15 is 0 Å². The van der Waals surface area contributed by atoms with Crippen LogP contribution in [0.25, 0.3) is 22.6 Å². The molecule has 0 aliphatic carbocycles. The molecular weight excluding hydrogens is 304 g/mol. The maximum absolute atomic E-state index is 9.00. The summed E-state index contributed by atoms with van der Waals surface area (Å²) < 4.78 is 5.87. The molecule has 0 unspecified atom stereocenters. The minimum absolute atomic E-state index is 0.0703. The summed E-state index contributed by atoms with van der Waals surface area (Å²) >= 11 is 0. The van der Waals surface area contributed by atoms with E-state index in [-0.39, 0.29) is 5.84 Å². The summed E-state index contributed by atoms with van der Waals surface area (Å²) in [6, 6.07) is 21.4. The largest absolute Gasteiger partial charge is 0.481 e. The highest BCUT2D eigenvalue weighted by Gasteiger charge is 2.06. The van der Waals surface area contributed by atoms with Crippen LogP contribution in [0.5, 0.6) is 0 Å². The van der Waals surface area contributed by atoms with Crippen LogP contribution in [0, 0.1) is 5.41 Å². The third kappa shape index (κ3) is 4.58. The van der Waals surface area contributed by atoms with Crippen molar-refractivity contribution >= 4 is 11.8 Å². The van der Waals surface area contributed by atoms with Gasteiger partial charge in [-0.3, -0.25) is 10.2 Å². The maximum atomic E-state index is 9.00. The molecular formula is C19H18N2O3. The van der Waals surface area contributed by atoms with Crippen molar-refractivity contribution in [3.05, 3.63) is 72.3 Å². The summed E-state index contributed by atoms with van der Waals surface area (Å²) in [5.41, 5.74) is 8.18. The monoisotopic (exact) mass is 322 g/mol. The molecule has 0 radical (unpaired) electrons. The van der Waals surface area contributed by atoms with Crippen LogP contribution < -0.4 is 5.73 Å². The van der Waals surface area contributed by atoms with Crippen LogP contribution >= 0.6 is 0 Å². The zero-order chi connectivity index (χ0) is 17.5. The van der Waals surface area contributed by atoms with Gasteiger partial charge in [0.25, 0.3) is 5.97 Å². The van der Waals surface area contributed by atoms with Gasteiger partial charge in [-0.25, -0.2) is 0 Å². The zero-order valence-electron chi connectivity index (χ0n) is 13.2. The van der Waals surface area contributed by atoms with Gasteiger partial charge in [0.05, 0.1) is 0 Å². The number of nitrogens with one attached hydrogen (secondary N) is 1. The fourth-order valence-corrected chi connectivity index (χ4v) is 2.06. The van der Waals surface area contributed by atoms with Crippen molar-refractivity contribution in [2.24, 2.45) is 5.73 Å². The van der Waals surface area contributed by atoms with Crippen LogP contribution in [0.4, 0.5) is 0 Å². The SMILES string of the molecule is CC(=O)O.N=C(N)c1ccc(-c2ccc(-c3ccccc3)o2)cc1. The molecule has 1 heterocycles. The molecule has 0 aliphatic heterocycles. The number of aliphatic carboxylic acids is 1. The quantitative estimate of drug-likeness (QED) is 0.501. The molecule has 4 N–H and O–H groups in total. The Morgan fingerprint density at radius 1 is 0.917 bits per heavy atom. The topological polar surface area (TPSA) is 100 Å². The fraction of sp³-hybridized carbons (Fsp3) is 0.0526. The molecule has 5 heteroatoms. The van der Waals surface area contributed by atoms with Crippen molar-refractivity contribution in [1.82, 2.24) is 0 Å². The number of benzene rings is 2. The van der Waals surface area contributed by atoms with E-state index in [0.717, 1.165) is 29.6 Å². The lowest BCUT2D eigenvalue weighted by atomic mass is 10.1. The van der Waals surface area contributed by atoms with E-state index < -0.39 is 5.97 Å². The molecule has 0 aliphatic rings. The molecule has 0 bridgehead atoms. The highest BCUT2D eigenvalue weighted by atomic mass is 16.4. The summed E-state index contributed by atoms with van der Waals surface area (Å²) in [5.74, 6) is 0.885. The van der Waals surface area contributed by atoms with Gasteiger partial charge in [-0.15, -0.1) is 0 Å². The van der Waals surface area contributed by atoms with Gasteiger partial charge in [0, 0.05) is 23.6 Å². The van der Waals surface area contributed by atoms with Gasteiger partial charge in [-0.05, 0) is 12.1 Å². The van der Waals surface area contributed by atoms with Gasteiger partial charge in [-0.1, -0.05) is 54.6 Å². The second-order valence-electron chi connectivity index (χ2n) is 5.04. The number of amidine groups is 1. The number of nitrogen functional groups attached to an aromatic ring is 1. The van der Waals surface area contributed by atoms with Gasteiger partial charge >= 0.3 is 0 Å². The molecule has 122 valence electrons. The van der Waals surface area contributed by atoms with Gasteiger partial charge in [0.2, 0.25) is 0 Å². The summed E-state index contributed by atoms with van der Waals surface area (Å²) in [5, 5.41) is 14.8. The molecule has 0 saturated heterocycles. The van der Waals surface area contributed by atoms with Crippen molar-refractivity contribution < 1.29 is 14.3 Å². The molecule has 0 spiro atoms. The van der Waals surface area contributed by atoms with E-state index in [1.807, 2.05) is 66.7 Å². The molecule has 5 nitrogen and oxygen atoms in total. The van der Waals surface area contributed by atoms with E-state index in [0.29, 0.717) is 5.56 Å². The number of carboxylic acid groups (broad SMARTS) is 1. The first-order valence-electron chi connectivity index (χ1n) is 7.27. The van der Waals surface area contributed by atoms with Crippen molar-refractivity contribution in [2.45, 2.75) is 6.92 Å². The Morgan fingerprint density at radius 2 is 1.38 bits per heavy atom. The molecule has 3 rings (SSSR count). The Labute approximate surface area is 139 Å². The smallest absolute Gasteiger partial charge is 0.300 e. The predicted octanol–water partition coefficient (Wildman–Crippen LogP) is 3.99. The predicted molar refractivity (Wildman–Crippen MR) is 93.9 cm³/mol. The number of rotatable bonds is 3. The average Bonchev–Trinajstić information content (AvgIpc) is 3.05. The van der Waals surface area contributed by atoms with Crippen molar-refractivity contribution in [2.75, 3.05) is 0 Å². The normalized spacial score (nSPS) is 9.71. The van der Waals surface area contributed by atoms with Crippen LogP contribution in [0.15, 0.2) is 71.1 Å². The number of carbonyl (C=O) groups is 1. The van der Waals surface area contributed by atoms with Crippen LogP contribution in [0.1, 0.15) is 12.5 Å². The molecule has 2 aromatic carbocycles. The summed E-state index contributed by atoms with van der Waals surface area (Å²) in [7, 11) is 0. The van der Waals surface area contributed by atoms with Crippen LogP contribution in [-0.4, -0.2) is 16.9 Å². The van der Waals surface area contributed by atoms with E-state index in [9.17, 15) is 0 Å². The standard InChI is InChI=1S/C17H14N2O.C2H4O2/c18-17(19)14-8-6-13(7-9-14)16-11-10-15(20-16)12-4-2-1-3-5-12;1-2(3)4/h1-11H,(H3,18,19);1H3,(H,3,4). The number of furan rings is 1. The minimum Gasteiger partial charge on any atom is -0.481 e. The lowest BCUT2D eigenvalue weighted by Crippen LogP contribution is -2.10. The van der Waals surface area contributed by atoms with Gasteiger partial charge in [0.1, 0.15) is 17.4 Å². The zero-order valence-corrected chi connectivity index (χ0v) is 13.2. The van der Waals surface area contributed by atoms with E-state index in [1.165, 1.54) is 0 Å². The Balaban J connectivity index is 0.000000471. The van der Waals surface area contributed by atoms with Crippen molar-refractivity contribution in [3.63, 3.8) is 0 Å². The van der Waals surface area contributed by atoms with Gasteiger partial charge in [-0.2, -0.15) is 0 Å². The Hall–Kier alpha value is -3.34. The molecule has 1 aromatic heterocycles. The third-order valence-electron chi connectivity index (χ3n) is 3.14. The molecule has 0 amide bonds. The Bertz CT molecular complexity index is 817. The number of hydrogen-bond acceptors (Lipinski definition) is 3. The van der Waals surface area contributed by atoms with E-state index in [1.54, 1.807) is 0 Å². The minimum atomic E-state index is -0.833. The van der Waals surface area contributed by atoms with E-state index in [4.69, 9.17) is 25.5 Å². The summed E-state index contributed by atoms with van der Waals surface area (Å²) in [6.07, 6.45) is 0. The van der Waals surface area contributed by atoms with Crippen molar-refractivity contribution in [3.8, 4) is 22.6 Å². The lowest BCUT2D eigenvalue weighted by molar-refractivity contribution is -0.134. The highest BCUT2D eigenvalue weighted by Crippen LogP contribution is 2.28. The Kier molecular flexibility index (Phi) is 5.52. The van der Waals surface area contributed by atoms with Crippen LogP contribution in [0.2, 0.25) is 0 Å². The first-order valence-corrected chi connectivity index (χ1v) is 7.27. The van der Waals surface area contributed by atoms with Gasteiger partial charge < -0.3 is 15.3 Å². The first-order chi connectivity index (χ1) is 11.5. The fourth-order valence-electron chi connectivity index (χ4n) is 2.06. The van der Waals surface area contributed by atoms with Crippen LogP contribution in [-0.2, 0) is 4.79 Å². The molecule has 24 heavy (non-hydrogen) atoms. The summed E-state index contributed by atoms with van der Waals surface area (Å²) in [4.78, 5) is 9.00. The second kappa shape index (κ2) is 7.78. The maximum Gasteiger partial charge on any atom is 0.300 e. The van der Waals surface area contributed by atoms with Crippen molar-refractivity contribution in [1.29, 1.82) is 5.41 Å². The molecule has 0 fully saturated rings. The first kappa shape index (κ1) is 17.0. The number of nitrogens with two attached hydrogens (primary N) is 1. The lowest BCUT2D eigenvalue weighted by Gasteiger charge is -2.01. The molecule has 0 saturated carbocycles. The molecule has 0 atom stereocenters. The van der Waals surface area contributed by atoms with Gasteiger partial charge in [0.15, 0.2) is 0 Å². The second-order valence-corrected chi connectivity index (χ2v) is 5.04. The third-order valence-corrected chi connectivity index (χ3v) is 3.14. The Morgan fingerprint density at radius 3 is 1.83 bits per heavy atom. The highest BCUT2D eigenvalue weighted by molar-refractivity contribution is 5.95. The molecule has 3 aromatic rings. The van der Waals surface area contributed by atoms with Crippen LogP contribution in [0.3, 0.4) is 0 Å². The summed E-state index contributed by atoms with van der Waals surface area (Å²) in [6.45, 7) is 1.08. The average molecular weight is 322 g/mol.